The molecule has 0 radical (unpaired) electrons. The van der Waals surface area contributed by atoms with Crippen molar-refractivity contribution in [2.75, 3.05) is 4.90 Å². The summed E-state index contributed by atoms with van der Waals surface area (Å²) in [7, 11) is -1.71. The molecule has 34 heavy (non-hydrogen) atoms. The first-order valence-electron chi connectivity index (χ1n) is 11.9. The van der Waals surface area contributed by atoms with E-state index in [0.717, 1.165) is 0 Å². The van der Waals surface area contributed by atoms with Gasteiger partial charge in [-0.1, -0.05) is 0 Å². The molecule has 3 aliphatic heterocycles. The molecule has 2 atom stereocenters. The first-order chi connectivity index (χ1) is 16.7. The van der Waals surface area contributed by atoms with E-state index in [0.29, 0.717) is 5.57 Å². The molecule has 2 unspecified atom stereocenters. The summed E-state index contributed by atoms with van der Waals surface area (Å²) in [5, 5.41) is 4.84. The van der Waals surface area contributed by atoms with Crippen LogP contribution in [-0.2, 0) is 9.59 Å². The van der Waals surface area contributed by atoms with Gasteiger partial charge in [0.1, 0.15) is 0 Å². The number of ketones is 2. The van der Waals surface area contributed by atoms with Crippen LogP contribution < -0.4 is 15.3 Å². The van der Waals surface area contributed by atoms with E-state index in [9.17, 15) is 9.59 Å². The Morgan fingerprint density at radius 1 is 0.882 bits per heavy atom. The molecule has 1 saturated carbocycles. The van der Waals surface area contributed by atoms with E-state index < -0.39 is 28.5 Å². The van der Waals surface area contributed by atoms with Gasteiger partial charge < -0.3 is 0 Å². The van der Waals surface area contributed by atoms with Crippen LogP contribution >= 0.6 is 11.8 Å². The standard InChI is InChI=1S/C28H23NO2SSiTe/c30-26-19-13-14-32-28(19)27(31)20(26)17-18-11-12-25(34-18)29-21-7-1-3-9-23(21)33(15-5-6-16-33)24-10-4-2-8-22(24)29/h1-4,7-14,17,19,28H,5-6,15-16H2/b20-17+. The van der Waals surface area contributed by atoms with Crippen LogP contribution in [0.5, 0.6) is 0 Å². The summed E-state index contributed by atoms with van der Waals surface area (Å²) < 4.78 is 2.51. The molecule has 7 rings (SSSR count). The zero-order valence-electron chi connectivity index (χ0n) is 18.6. The van der Waals surface area contributed by atoms with Crippen LogP contribution in [0, 0.1) is 5.92 Å². The summed E-state index contributed by atoms with van der Waals surface area (Å²) in [6.45, 7) is 0. The van der Waals surface area contributed by atoms with Gasteiger partial charge in [-0.15, -0.1) is 0 Å². The number of anilines is 3. The minimum absolute atomic E-state index is 0.000836. The van der Waals surface area contributed by atoms with Gasteiger partial charge in [-0.3, -0.25) is 0 Å². The summed E-state index contributed by atoms with van der Waals surface area (Å²) in [5.41, 5.74) is 3.13. The topological polar surface area (TPSA) is 37.4 Å². The zero-order valence-corrected chi connectivity index (χ0v) is 22.7. The fourth-order valence-corrected chi connectivity index (χ4v) is 15.7. The minimum atomic E-state index is -1.71. The third-order valence-electron chi connectivity index (χ3n) is 7.83. The second-order valence-electron chi connectivity index (χ2n) is 9.53. The molecule has 1 aromatic heterocycles. The van der Waals surface area contributed by atoms with Crippen molar-refractivity contribution in [2.24, 2.45) is 5.92 Å². The number of rotatable bonds is 2. The fourth-order valence-electron chi connectivity index (χ4n) is 6.30. The Kier molecular flexibility index (Phi) is 4.96. The number of fused-ring (bicyclic) bond motifs is 5. The molecule has 1 aliphatic carbocycles. The Morgan fingerprint density at radius 2 is 1.56 bits per heavy atom. The molecular formula is C28H23NO2SSiTe. The molecule has 3 aromatic rings. The van der Waals surface area contributed by atoms with Crippen molar-refractivity contribution in [3.8, 4) is 0 Å². The third kappa shape index (κ3) is 2.96. The van der Waals surface area contributed by atoms with Crippen LogP contribution in [0.3, 0.4) is 0 Å². The Balaban J connectivity index is 1.33. The molecule has 168 valence electrons. The predicted octanol–water partition coefficient (Wildman–Crippen LogP) is 4.66. The summed E-state index contributed by atoms with van der Waals surface area (Å²) in [5.74, 6) is -0.247. The Bertz CT molecular complexity index is 1370. The van der Waals surface area contributed by atoms with Gasteiger partial charge in [-0.25, -0.2) is 0 Å². The molecule has 0 amide bonds. The van der Waals surface area contributed by atoms with E-state index in [1.54, 1.807) is 10.4 Å². The molecular weight excluding hydrogens is 570 g/mol. The van der Waals surface area contributed by atoms with E-state index in [2.05, 4.69) is 65.6 Å². The number of hydrogen-bond acceptors (Lipinski definition) is 4. The normalized spacial score (nSPS) is 25.3. The Morgan fingerprint density at radius 3 is 2.24 bits per heavy atom. The number of allylic oxidation sites excluding steroid dienone is 2. The van der Waals surface area contributed by atoms with Gasteiger partial charge in [0, 0.05) is 0 Å². The molecule has 4 aliphatic rings. The van der Waals surface area contributed by atoms with E-state index in [1.165, 1.54) is 55.3 Å². The van der Waals surface area contributed by atoms with E-state index >= 15 is 0 Å². The second kappa shape index (κ2) is 7.96. The predicted molar refractivity (Wildman–Crippen MR) is 144 cm³/mol. The first-order valence-corrected chi connectivity index (χ1v) is 17.6. The van der Waals surface area contributed by atoms with Gasteiger partial charge in [-0.2, -0.15) is 0 Å². The van der Waals surface area contributed by atoms with Crippen molar-refractivity contribution in [1.82, 2.24) is 0 Å². The maximum atomic E-state index is 12.9. The summed E-state index contributed by atoms with van der Waals surface area (Å²) in [6.07, 6.45) is 6.48. The molecule has 2 fully saturated rings. The average Bonchev–Trinajstić information content (AvgIpc) is 3.66. The van der Waals surface area contributed by atoms with Crippen LogP contribution in [0.1, 0.15) is 16.4 Å². The van der Waals surface area contributed by atoms with Gasteiger partial charge in [0.25, 0.3) is 0 Å². The van der Waals surface area contributed by atoms with Crippen molar-refractivity contribution < 1.29 is 9.59 Å². The molecule has 1 spiro atoms. The van der Waals surface area contributed by atoms with E-state index in [4.69, 9.17) is 0 Å². The van der Waals surface area contributed by atoms with Crippen molar-refractivity contribution in [2.45, 2.75) is 30.2 Å². The molecule has 4 heterocycles. The molecule has 2 aromatic carbocycles. The number of hydrogen-bond donors (Lipinski definition) is 0. The fraction of sp³-hybridized carbons (Fsp3) is 0.214. The molecule has 0 N–H and O–H groups in total. The van der Waals surface area contributed by atoms with Crippen molar-refractivity contribution in [1.29, 1.82) is 0 Å². The average molecular weight is 593 g/mol. The monoisotopic (exact) mass is 595 g/mol. The van der Waals surface area contributed by atoms with Gasteiger partial charge >= 0.3 is 215 Å². The molecule has 6 heteroatoms. The van der Waals surface area contributed by atoms with Gasteiger partial charge in [0.15, 0.2) is 0 Å². The van der Waals surface area contributed by atoms with Crippen molar-refractivity contribution in [3.63, 3.8) is 0 Å². The number of carbonyl (C=O) groups excluding carboxylic acids is 2. The van der Waals surface area contributed by atoms with E-state index in [1.807, 2.05) is 17.6 Å². The van der Waals surface area contributed by atoms with Crippen molar-refractivity contribution in [3.05, 3.63) is 81.3 Å². The van der Waals surface area contributed by atoms with Crippen molar-refractivity contribution >= 4 is 83.4 Å². The van der Waals surface area contributed by atoms with Crippen LogP contribution in [0.25, 0.3) is 6.08 Å². The Labute approximate surface area is 214 Å². The number of thioether (sulfide) groups is 1. The summed E-state index contributed by atoms with van der Waals surface area (Å²) in [4.78, 5) is 28.2. The van der Waals surface area contributed by atoms with E-state index in [-0.39, 0.29) is 22.7 Å². The SMILES string of the molecule is O=C1/C(=C\c2ccc(N3c4ccccc4[Si]4(CCCC4)c4ccccc43)[te]2)C(=O)C2SC=CC12. The number of Topliss-reactive ketones (excluding diaryl/α,β-unsaturated/α-hetero) is 2. The molecule has 1 saturated heterocycles. The number of benzene rings is 2. The summed E-state index contributed by atoms with van der Waals surface area (Å²) in [6, 6.07) is 25.2. The number of para-hydroxylation sites is 2. The van der Waals surface area contributed by atoms with Gasteiger partial charge in [0.2, 0.25) is 0 Å². The van der Waals surface area contributed by atoms with Crippen LogP contribution in [0.4, 0.5) is 15.1 Å². The third-order valence-corrected chi connectivity index (χ3v) is 17.2. The van der Waals surface area contributed by atoms with Gasteiger partial charge in [0.05, 0.1) is 0 Å². The second-order valence-corrected chi connectivity index (χ2v) is 17.9. The van der Waals surface area contributed by atoms with Crippen LogP contribution in [-0.4, -0.2) is 45.3 Å². The molecule has 0 bridgehead atoms. The Hall–Kier alpha value is -2.10. The van der Waals surface area contributed by atoms with Gasteiger partial charge in [-0.05, 0) is 0 Å². The number of nitrogens with zero attached hydrogens (tertiary/aromatic N) is 1. The number of carbonyl (C=O) groups is 2. The zero-order chi connectivity index (χ0) is 22.9. The first kappa shape index (κ1) is 21.2. The quantitative estimate of drug-likeness (QED) is 0.246. The molecule has 3 nitrogen and oxygen atoms in total. The van der Waals surface area contributed by atoms with Crippen LogP contribution in [0.15, 0.2) is 77.7 Å². The van der Waals surface area contributed by atoms with Crippen LogP contribution in [0.2, 0.25) is 12.1 Å². The maximum absolute atomic E-state index is 12.9. The summed E-state index contributed by atoms with van der Waals surface area (Å²) >= 11 is 0.756.